The first-order valence-electron chi connectivity index (χ1n) is 15.7. The Labute approximate surface area is 265 Å². The van der Waals surface area contributed by atoms with Gasteiger partial charge in [0.05, 0.1) is 16.8 Å². The molecule has 2 aliphatic heterocycles. The van der Waals surface area contributed by atoms with Crippen molar-refractivity contribution in [2.45, 2.75) is 23.7 Å². The van der Waals surface area contributed by atoms with Gasteiger partial charge in [-0.15, -0.1) is 11.3 Å². The van der Waals surface area contributed by atoms with Crippen molar-refractivity contribution in [1.82, 2.24) is 0 Å². The van der Waals surface area contributed by atoms with Gasteiger partial charge in [0.25, 0.3) is 0 Å². The van der Waals surface area contributed by atoms with E-state index in [9.17, 15) is 0 Å². The van der Waals surface area contributed by atoms with E-state index in [2.05, 4.69) is 158 Å². The largest absolute Gasteiger partial charge is 0.310 e. The molecule has 1 aliphatic carbocycles. The van der Waals surface area contributed by atoms with E-state index in [0.717, 1.165) is 6.42 Å². The predicted octanol–water partition coefficient (Wildman–Crippen LogP) is 11.5. The molecule has 2 spiro atoms. The molecule has 6 aromatic rings. The van der Waals surface area contributed by atoms with Crippen LogP contribution in [0.25, 0.3) is 20.2 Å². The summed E-state index contributed by atoms with van der Waals surface area (Å²) < 4.78 is 2.81. The number of hydrogen-bond donors (Lipinski definition) is 0. The zero-order valence-electron chi connectivity index (χ0n) is 25.2. The van der Waals surface area contributed by atoms with Gasteiger partial charge in [0.2, 0.25) is 0 Å². The summed E-state index contributed by atoms with van der Waals surface area (Å²) in [5, 5.41) is 2.93. The van der Waals surface area contributed by atoms with Crippen LogP contribution in [0, 0.1) is 5.41 Å². The van der Waals surface area contributed by atoms with Crippen LogP contribution in [0.3, 0.4) is 0 Å². The molecule has 0 saturated carbocycles. The van der Waals surface area contributed by atoms with Gasteiger partial charge in [-0.3, -0.25) is 0 Å². The average molecular weight is 606 g/mol. The Kier molecular flexibility index (Phi) is 5.68. The standard InChI is InChI=1S/C41H35NS2/c1-3-44(2)28-40(26-14-5-15-27-40)41(33-24-25-37-38(39(33)44)30-18-8-13-23-36(30)43-37)31-19-9-11-21-34(31)42(29-16-6-4-7-17-29)35-22-12-10-20-32(35)41/h4-26H,3,27-28H2,1-2H3. The van der Waals surface area contributed by atoms with Crippen molar-refractivity contribution in [3.63, 3.8) is 0 Å². The van der Waals surface area contributed by atoms with Crippen LogP contribution < -0.4 is 4.90 Å². The van der Waals surface area contributed by atoms with Gasteiger partial charge in [-0.25, -0.2) is 10.0 Å². The Morgan fingerprint density at radius 3 is 2.09 bits per heavy atom. The summed E-state index contributed by atoms with van der Waals surface area (Å²) in [5.41, 5.74) is 7.69. The number of para-hydroxylation sites is 3. The molecule has 44 heavy (non-hydrogen) atoms. The summed E-state index contributed by atoms with van der Waals surface area (Å²) in [6.07, 6.45) is 13.3. The quantitative estimate of drug-likeness (QED) is 0.190. The van der Waals surface area contributed by atoms with Crippen molar-refractivity contribution >= 4 is 58.6 Å². The first-order valence-corrected chi connectivity index (χ1v) is 18.9. The molecule has 9 rings (SSSR count). The highest BCUT2D eigenvalue weighted by molar-refractivity contribution is 8.33. The van der Waals surface area contributed by atoms with Crippen molar-refractivity contribution in [2.24, 2.45) is 5.41 Å². The minimum atomic E-state index is -1.17. The van der Waals surface area contributed by atoms with Gasteiger partial charge in [0.15, 0.2) is 0 Å². The zero-order chi connectivity index (χ0) is 29.5. The van der Waals surface area contributed by atoms with Crippen LogP contribution in [0.15, 0.2) is 144 Å². The van der Waals surface area contributed by atoms with Crippen molar-refractivity contribution in [3.05, 3.63) is 156 Å². The number of thiophene rings is 1. The number of nitrogens with zero attached hydrogens (tertiary/aromatic N) is 1. The Bertz CT molecular complexity index is 2110. The average Bonchev–Trinajstić information content (AvgIpc) is 3.46. The molecule has 0 amide bonds. The van der Waals surface area contributed by atoms with Gasteiger partial charge in [-0.2, -0.15) is 0 Å². The number of hydrogen-bond acceptors (Lipinski definition) is 2. The fourth-order valence-electron chi connectivity index (χ4n) is 8.83. The molecule has 0 saturated heterocycles. The van der Waals surface area contributed by atoms with Gasteiger partial charge in [0, 0.05) is 36.2 Å². The SMILES string of the molecule is CCS1(C)CC2(C=CC=CC2)C2(c3ccccc3N(c3ccccc3)c3ccccc32)c2ccc3sc4ccccc4c3c21. The van der Waals surface area contributed by atoms with E-state index in [1.165, 1.54) is 65.4 Å². The van der Waals surface area contributed by atoms with Gasteiger partial charge in [-0.1, -0.05) is 110 Å². The molecule has 0 radical (unpaired) electrons. The second-order valence-electron chi connectivity index (χ2n) is 12.7. The molecule has 3 heteroatoms. The van der Waals surface area contributed by atoms with Crippen LogP contribution in [0.4, 0.5) is 17.1 Å². The predicted molar refractivity (Wildman–Crippen MR) is 193 cm³/mol. The summed E-state index contributed by atoms with van der Waals surface area (Å²) >= 11 is 1.96. The normalized spacial score (nSPS) is 24.3. The van der Waals surface area contributed by atoms with E-state index in [1.54, 1.807) is 4.90 Å². The van der Waals surface area contributed by atoms with E-state index in [1.807, 2.05) is 11.3 Å². The highest BCUT2D eigenvalue weighted by atomic mass is 32.3. The number of benzene rings is 5. The van der Waals surface area contributed by atoms with E-state index in [0.29, 0.717) is 0 Å². The Hall–Kier alpha value is -4.05. The minimum absolute atomic E-state index is 0.0939. The third kappa shape index (κ3) is 3.27. The second kappa shape index (κ2) is 9.47. The maximum Gasteiger partial charge on any atom is 0.0604 e. The first-order chi connectivity index (χ1) is 21.6. The van der Waals surface area contributed by atoms with Crippen LogP contribution in [0.2, 0.25) is 0 Å². The Morgan fingerprint density at radius 2 is 1.39 bits per heavy atom. The molecular formula is C41H35NS2. The zero-order valence-corrected chi connectivity index (χ0v) is 26.8. The maximum atomic E-state index is 2.63. The molecule has 2 unspecified atom stereocenters. The van der Waals surface area contributed by atoms with Crippen LogP contribution >= 0.6 is 21.4 Å². The van der Waals surface area contributed by atoms with Crippen molar-refractivity contribution < 1.29 is 0 Å². The lowest BCUT2D eigenvalue weighted by molar-refractivity contribution is 0.282. The third-order valence-corrected chi connectivity index (χ3v) is 15.6. The molecule has 0 bridgehead atoms. The van der Waals surface area contributed by atoms with E-state index < -0.39 is 10.0 Å². The van der Waals surface area contributed by atoms with Crippen LogP contribution in [0.1, 0.15) is 30.0 Å². The van der Waals surface area contributed by atoms with E-state index >= 15 is 0 Å². The fourth-order valence-corrected chi connectivity index (χ4v) is 13.7. The van der Waals surface area contributed by atoms with Gasteiger partial charge in [0.1, 0.15) is 0 Å². The fraction of sp³-hybridized carbons (Fsp3) is 0.171. The molecule has 2 atom stereocenters. The second-order valence-corrected chi connectivity index (χ2v) is 17.6. The van der Waals surface area contributed by atoms with Crippen LogP contribution in [-0.4, -0.2) is 17.8 Å². The number of rotatable bonds is 2. The molecule has 3 heterocycles. The number of allylic oxidation sites excluding steroid dienone is 4. The van der Waals surface area contributed by atoms with E-state index in [4.69, 9.17) is 0 Å². The summed E-state index contributed by atoms with van der Waals surface area (Å²) in [5.74, 6) is 2.35. The molecular weight excluding hydrogens is 571 g/mol. The highest BCUT2D eigenvalue weighted by Crippen LogP contribution is 2.75. The van der Waals surface area contributed by atoms with Crippen molar-refractivity contribution in [3.8, 4) is 0 Å². The van der Waals surface area contributed by atoms with E-state index in [-0.39, 0.29) is 10.8 Å². The molecule has 216 valence electrons. The van der Waals surface area contributed by atoms with Crippen molar-refractivity contribution in [1.29, 1.82) is 0 Å². The molecule has 0 fully saturated rings. The maximum absolute atomic E-state index is 2.63. The Balaban J connectivity index is 1.50. The summed E-state index contributed by atoms with van der Waals surface area (Å²) in [7, 11) is -1.17. The molecule has 1 nitrogen and oxygen atoms in total. The summed E-state index contributed by atoms with van der Waals surface area (Å²) in [6, 6.07) is 43.6. The lowest BCUT2D eigenvalue weighted by atomic mass is 9.50. The van der Waals surface area contributed by atoms with Crippen molar-refractivity contribution in [2.75, 3.05) is 22.7 Å². The first kappa shape index (κ1) is 26.4. The van der Waals surface area contributed by atoms with Gasteiger partial charge >= 0.3 is 0 Å². The van der Waals surface area contributed by atoms with Gasteiger partial charge in [-0.05, 0) is 77.3 Å². The van der Waals surface area contributed by atoms with Crippen LogP contribution in [0.5, 0.6) is 0 Å². The van der Waals surface area contributed by atoms with Gasteiger partial charge < -0.3 is 4.90 Å². The lowest BCUT2D eigenvalue weighted by Crippen LogP contribution is -2.55. The molecule has 5 aromatic carbocycles. The summed E-state index contributed by atoms with van der Waals surface area (Å²) in [4.78, 5) is 4.14. The monoisotopic (exact) mass is 605 g/mol. The number of anilines is 3. The highest BCUT2D eigenvalue weighted by Gasteiger charge is 2.62. The molecule has 0 N–H and O–H groups in total. The molecule has 3 aliphatic rings. The third-order valence-electron chi connectivity index (χ3n) is 10.6. The smallest absolute Gasteiger partial charge is 0.0604 e. The summed E-state index contributed by atoms with van der Waals surface area (Å²) in [6.45, 7) is 2.44. The molecule has 1 aromatic heterocycles. The number of fused-ring (bicyclic) bond motifs is 11. The topological polar surface area (TPSA) is 3.24 Å². The minimum Gasteiger partial charge on any atom is -0.310 e. The van der Waals surface area contributed by atoms with Crippen LogP contribution in [-0.2, 0) is 5.41 Å². The Morgan fingerprint density at radius 1 is 0.705 bits per heavy atom. The lowest BCUT2D eigenvalue weighted by Gasteiger charge is -2.63.